The number of carbonyl (C=O) groups excluding carboxylic acids is 1. The Kier molecular flexibility index (Phi) is 4.51. The van der Waals surface area contributed by atoms with E-state index in [4.69, 9.17) is 4.74 Å². The van der Waals surface area contributed by atoms with Crippen molar-refractivity contribution in [2.75, 3.05) is 13.7 Å². The van der Waals surface area contributed by atoms with Crippen molar-refractivity contribution in [3.8, 4) is 0 Å². The van der Waals surface area contributed by atoms with Gasteiger partial charge in [0.25, 0.3) is 0 Å². The first-order valence-electron chi connectivity index (χ1n) is 4.70. The second kappa shape index (κ2) is 5.94. The van der Waals surface area contributed by atoms with Crippen molar-refractivity contribution in [3.05, 3.63) is 60.2 Å². The number of Topliss-reactive ketones (excluding diaryl/α,β-unsaturated/α-hetero) is 1. The van der Waals surface area contributed by atoms with Crippen LogP contribution in [0.3, 0.4) is 0 Å². The van der Waals surface area contributed by atoms with Crippen LogP contribution in [0.5, 0.6) is 0 Å². The summed E-state index contributed by atoms with van der Waals surface area (Å²) in [4.78, 5) is 11.9. The van der Waals surface area contributed by atoms with Crippen molar-refractivity contribution in [3.63, 3.8) is 0 Å². The Labute approximate surface area is 89.9 Å². The first-order valence-corrected chi connectivity index (χ1v) is 4.70. The highest BCUT2D eigenvalue weighted by Gasteiger charge is 2.10. The van der Waals surface area contributed by atoms with Gasteiger partial charge >= 0.3 is 0 Å². The van der Waals surface area contributed by atoms with Crippen LogP contribution < -0.4 is 0 Å². The smallest absolute Gasteiger partial charge is 0.191 e. The Bertz CT molecular complexity index is 363. The maximum absolute atomic E-state index is 11.9. The van der Waals surface area contributed by atoms with Gasteiger partial charge in [-0.05, 0) is 0 Å². The van der Waals surface area contributed by atoms with Gasteiger partial charge < -0.3 is 4.74 Å². The van der Waals surface area contributed by atoms with E-state index in [1.165, 1.54) is 0 Å². The summed E-state index contributed by atoms with van der Waals surface area (Å²) in [5, 5.41) is 0. The molecule has 0 fully saturated rings. The van der Waals surface area contributed by atoms with Gasteiger partial charge in [0.15, 0.2) is 5.78 Å². The highest BCUT2D eigenvalue weighted by molar-refractivity contribution is 6.09. The lowest BCUT2D eigenvalue weighted by molar-refractivity contribution is 0.101. The molecule has 0 aliphatic rings. The predicted octanol–water partition coefficient (Wildman–Crippen LogP) is 2.63. The summed E-state index contributed by atoms with van der Waals surface area (Å²) in [6.45, 7) is 3.88. The van der Waals surface area contributed by atoms with Gasteiger partial charge in [-0.15, -0.1) is 0 Å². The Hall–Kier alpha value is -1.67. The molecule has 0 saturated heterocycles. The molecule has 1 rings (SSSR count). The Balaban J connectivity index is 2.91. The maximum Gasteiger partial charge on any atom is 0.191 e. The summed E-state index contributed by atoms with van der Waals surface area (Å²) in [6, 6.07) is 9.13. The third-order valence-corrected chi connectivity index (χ3v) is 1.95. The minimum atomic E-state index is -0.0163. The van der Waals surface area contributed by atoms with Gasteiger partial charge in [-0.25, -0.2) is 0 Å². The zero-order chi connectivity index (χ0) is 11.1. The van der Waals surface area contributed by atoms with Crippen LogP contribution in [0.25, 0.3) is 0 Å². The van der Waals surface area contributed by atoms with E-state index in [0.717, 1.165) is 0 Å². The first kappa shape index (κ1) is 11.4. The molecule has 0 radical (unpaired) electrons. The number of methoxy groups -OCH3 is 1. The van der Waals surface area contributed by atoms with Gasteiger partial charge in [0.1, 0.15) is 0 Å². The Morgan fingerprint density at radius 3 is 2.60 bits per heavy atom. The normalized spacial score (nSPS) is 11.1. The Morgan fingerprint density at radius 1 is 1.40 bits per heavy atom. The van der Waals surface area contributed by atoms with Crippen molar-refractivity contribution in [2.24, 2.45) is 0 Å². The topological polar surface area (TPSA) is 26.3 Å². The Morgan fingerprint density at radius 2 is 2.07 bits per heavy atom. The van der Waals surface area contributed by atoms with Gasteiger partial charge in [-0.1, -0.05) is 49.1 Å². The minimum Gasteiger partial charge on any atom is -0.380 e. The molecule has 1 aromatic rings. The molecule has 0 bridgehead atoms. The number of hydrogen-bond donors (Lipinski definition) is 0. The molecule has 2 nitrogen and oxygen atoms in total. The highest BCUT2D eigenvalue weighted by atomic mass is 16.5. The molecular formula is C13H14O2. The molecule has 1 aromatic carbocycles. The lowest BCUT2D eigenvalue weighted by atomic mass is 10.0. The predicted molar refractivity (Wildman–Crippen MR) is 60.9 cm³/mol. The maximum atomic E-state index is 11.9. The van der Waals surface area contributed by atoms with E-state index >= 15 is 0 Å². The largest absolute Gasteiger partial charge is 0.380 e. The van der Waals surface area contributed by atoms with Crippen LogP contribution in [-0.4, -0.2) is 19.5 Å². The summed E-state index contributed by atoms with van der Waals surface area (Å²) in [6.07, 6.45) is 3.27. The fourth-order valence-electron chi connectivity index (χ4n) is 1.26. The molecule has 0 unspecified atom stereocenters. The zero-order valence-corrected chi connectivity index (χ0v) is 8.77. The van der Waals surface area contributed by atoms with Crippen LogP contribution in [-0.2, 0) is 4.74 Å². The number of benzene rings is 1. The number of ketones is 1. The molecule has 0 atom stereocenters. The molecule has 0 saturated carbocycles. The SMILES string of the molecule is C=CC=C(COC)C(=O)c1ccccc1. The fourth-order valence-corrected chi connectivity index (χ4v) is 1.26. The molecule has 2 heteroatoms. The van der Waals surface area contributed by atoms with Crippen LogP contribution in [0, 0.1) is 0 Å². The highest BCUT2D eigenvalue weighted by Crippen LogP contribution is 2.08. The summed E-state index contributed by atoms with van der Waals surface area (Å²) in [7, 11) is 1.56. The second-order valence-corrected chi connectivity index (χ2v) is 3.06. The summed E-state index contributed by atoms with van der Waals surface area (Å²) < 4.78 is 4.96. The average Bonchev–Trinajstić information content (AvgIpc) is 2.29. The van der Waals surface area contributed by atoms with E-state index in [1.807, 2.05) is 18.2 Å². The number of hydrogen-bond acceptors (Lipinski definition) is 2. The molecular weight excluding hydrogens is 188 g/mol. The lowest BCUT2D eigenvalue weighted by Crippen LogP contribution is -2.08. The second-order valence-electron chi connectivity index (χ2n) is 3.06. The van der Waals surface area contributed by atoms with Crippen LogP contribution in [0.2, 0.25) is 0 Å². The van der Waals surface area contributed by atoms with Crippen LogP contribution in [0.4, 0.5) is 0 Å². The van der Waals surface area contributed by atoms with Crippen LogP contribution >= 0.6 is 0 Å². The third kappa shape index (κ3) is 3.18. The summed E-state index contributed by atoms with van der Waals surface area (Å²) >= 11 is 0. The zero-order valence-electron chi connectivity index (χ0n) is 8.77. The fraction of sp³-hybridized carbons (Fsp3) is 0.154. The van der Waals surface area contributed by atoms with E-state index in [9.17, 15) is 4.79 Å². The molecule has 15 heavy (non-hydrogen) atoms. The summed E-state index contributed by atoms with van der Waals surface area (Å²) in [5.74, 6) is -0.0163. The van der Waals surface area contributed by atoms with Gasteiger partial charge in [-0.3, -0.25) is 4.79 Å². The van der Waals surface area contributed by atoms with Crippen molar-refractivity contribution in [2.45, 2.75) is 0 Å². The number of allylic oxidation sites excluding steroid dienone is 2. The standard InChI is InChI=1S/C13H14O2/c1-3-7-12(10-15-2)13(14)11-8-5-4-6-9-11/h3-9H,1,10H2,2H3. The number of ether oxygens (including phenoxy) is 1. The van der Waals surface area contributed by atoms with Gasteiger partial charge in [-0.2, -0.15) is 0 Å². The van der Waals surface area contributed by atoms with Crippen LogP contribution in [0.15, 0.2) is 54.6 Å². The summed E-state index contributed by atoms with van der Waals surface area (Å²) in [5.41, 5.74) is 1.28. The molecule has 0 N–H and O–H groups in total. The molecule has 0 amide bonds. The van der Waals surface area contributed by atoms with E-state index < -0.39 is 0 Å². The lowest BCUT2D eigenvalue weighted by Gasteiger charge is -2.04. The van der Waals surface area contributed by atoms with Crippen molar-refractivity contribution < 1.29 is 9.53 Å². The van der Waals surface area contributed by atoms with E-state index in [1.54, 1.807) is 31.4 Å². The van der Waals surface area contributed by atoms with Gasteiger partial charge in [0.05, 0.1) is 6.61 Å². The van der Waals surface area contributed by atoms with Gasteiger partial charge in [0.2, 0.25) is 0 Å². The molecule has 0 aliphatic carbocycles. The van der Waals surface area contributed by atoms with E-state index in [-0.39, 0.29) is 5.78 Å². The van der Waals surface area contributed by atoms with E-state index in [0.29, 0.717) is 17.7 Å². The number of rotatable bonds is 5. The average molecular weight is 202 g/mol. The minimum absolute atomic E-state index is 0.0163. The molecule has 0 aliphatic heterocycles. The van der Waals surface area contributed by atoms with Crippen molar-refractivity contribution in [1.82, 2.24) is 0 Å². The van der Waals surface area contributed by atoms with Crippen LogP contribution in [0.1, 0.15) is 10.4 Å². The van der Waals surface area contributed by atoms with Gasteiger partial charge in [0, 0.05) is 18.2 Å². The molecule has 78 valence electrons. The monoisotopic (exact) mass is 202 g/mol. The van der Waals surface area contributed by atoms with Crippen molar-refractivity contribution >= 4 is 5.78 Å². The molecule has 0 spiro atoms. The quantitative estimate of drug-likeness (QED) is 0.417. The number of carbonyl (C=O) groups is 1. The molecule has 0 heterocycles. The third-order valence-electron chi connectivity index (χ3n) is 1.95. The first-order chi connectivity index (χ1) is 7.29. The molecule has 0 aromatic heterocycles. The van der Waals surface area contributed by atoms with Crippen molar-refractivity contribution in [1.29, 1.82) is 0 Å². The van der Waals surface area contributed by atoms with E-state index in [2.05, 4.69) is 6.58 Å².